The Kier molecular flexibility index (Phi) is 5.76. The number of nitrogens with one attached hydrogen (secondary N) is 3. The van der Waals surface area contributed by atoms with Crippen molar-refractivity contribution in [2.75, 3.05) is 17.2 Å². The summed E-state index contributed by atoms with van der Waals surface area (Å²) < 4.78 is 14.6. The smallest absolute Gasteiger partial charge is 0.230 e. The van der Waals surface area contributed by atoms with Crippen molar-refractivity contribution in [2.24, 2.45) is 0 Å². The molecule has 3 N–H and O–H groups in total. The van der Waals surface area contributed by atoms with Gasteiger partial charge in [0.1, 0.15) is 6.33 Å². The van der Waals surface area contributed by atoms with E-state index in [-0.39, 0.29) is 29.3 Å². The normalized spacial score (nSPS) is 15.9. The first-order valence-electron chi connectivity index (χ1n) is 9.60. The number of hydrogen-bond donors (Lipinski definition) is 3. The number of anilines is 3. The SMILES string of the molecule is CC(=O)Nc1cccc(Nc2ncnc(C3CC(c4ccccc4)=CCN3)n2)c1F. The lowest BCUT2D eigenvalue weighted by molar-refractivity contribution is -0.114. The van der Waals surface area contributed by atoms with Crippen molar-refractivity contribution in [1.82, 2.24) is 20.3 Å². The third kappa shape index (κ3) is 4.49. The molecule has 0 fully saturated rings. The van der Waals surface area contributed by atoms with E-state index in [1.807, 2.05) is 18.2 Å². The molecule has 0 saturated carbocycles. The van der Waals surface area contributed by atoms with Crippen LogP contribution < -0.4 is 16.0 Å². The van der Waals surface area contributed by atoms with E-state index in [0.29, 0.717) is 12.4 Å². The summed E-state index contributed by atoms with van der Waals surface area (Å²) in [5.41, 5.74) is 2.66. The van der Waals surface area contributed by atoms with E-state index in [9.17, 15) is 9.18 Å². The molecule has 0 spiro atoms. The standard InChI is InChI=1S/C22H21FN6O/c1-14(30)27-17-8-5-9-18(20(17)23)28-22-26-13-25-21(29-22)19-12-16(10-11-24-19)15-6-3-2-4-7-15/h2-10,13,19,24H,11-12H2,1H3,(H,27,30)(H,25,26,28,29). The van der Waals surface area contributed by atoms with E-state index in [4.69, 9.17) is 0 Å². The first kappa shape index (κ1) is 19.7. The van der Waals surface area contributed by atoms with Crippen molar-refractivity contribution in [2.45, 2.75) is 19.4 Å². The molecule has 0 bridgehead atoms. The van der Waals surface area contributed by atoms with Crippen LogP contribution >= 0.6 is 0 Å². The number of carbonyl (C=O) groups excluding carboxylic acids is 1. The highest BCUT2D eigenvalue weighted by Gasteiger charge is 2.21. The van der Waals surface area contributed by atoms with Crippen molar-refractivity contribution in [3.63, 3.8) is 0 Å². The van der Waals surface area contributed by atoms with Gasteiger partial charge in [-0.25, -0.2) is 14.4 Å². The van der Waals surface area contributed by atoms with Crippen LogP contribution in [0.4, 0.5) is 21.7 Å². The lowest BCUT2D eigenvalue weighted by Crippen LogP contribution is -2.27. The van der Waals surface area contributed by atoms with Crippen LogP contribution in [0.25, 0.3) is 5.57 Å². The third-order valence-electron chi connectivity index (χ3n) is 4.74. The number of amides is 1. The summed E-state index contributed by atoms with van der Waals surface area (Å²) >= 11 is 0. The molecular formula is C22H21FN6O. The van der Waals surface area contributed by atoms with Gasteiger partial charge in [-0.1, -0.05) is 42.5 Å². The minimum atomic E-state index is -0.584. The molecule has 152 valence electrons. The number of rotatable bonds is 5. The number of nitrogens with zero attached hydrogens (tertiary/aromatic N) is 3. The molecule has 1 amide bonds. The van der Waals surface area contributed by atoms with Crippen LogP contribution in [0.5, 0.6) is 0 Å². The van der Waals surface area contributed by atoms with Crippen LogP contribution in [0.3, 0.4) is 0 Å². The molecule has 30 heavy (non-hydrogen) atoms. The monoisotopic (exact) mass is 404 g/mol. The summed E-state index contributed by atoms with van der Waals surface area (Å²) in [7, 11) is 0. The fourth-order valence-electron chi connectivity index (χ4n) is 3.34. The predicted octanol–water partition coefficient (Wildman–Crippen LogP) is 3.83. The third-order valence-corrected chi connectivity index (χ3v) is 4.74. The fraction of sp³-hybridized carbons (Fsp3) is 0.182. The summed E-state index contributed by atoms with van der Waals surface area (Å²) in [5, 5.41) is 8.73. The van der Waals surface area contributed by atoms with E-state index in [1.165, 1.54) is 30.5 Å². The van der Waals surface area contributed by atoms with Gasteiger partial charge in [0.25, 0.3) is 0 Å². The Morgan fingerprint density at radius 1 is 1.10 bits per heavy atom. The zero-order chi connectivity index (χ0) is 20.9. The zero-order valence-corrected chi connectivity index (χ0v) is 16.4. The zero-order valence-electron chi connectivity index (χ0n) is 16.4. The number of benzene rings is 2. The molecule has 1 aromatic heterocycles. The number of aromatic nitrogens is 3. The van der Waals surface area contributed by atoms with Crippen molar-refractivity contribution in [1.29, 1.82) is 0 Å². The van der Waals surface area contributed by atoms with Gasteiger partial charge in [-0.15, -0.1) is 0 Å². The maximum Gasteiger partial charge on any atom is 0.230 e. The highest BCUT2D eigenvalue weighted by atomic mass is 19.1. The average molecular weight is 404 g/mol. The summed E-state index contributed by atoms with van der Waals surface area (Å²) in [6.45, 7) is 2.03. The summed E-state index contributed by atoms with van der Waals surface area (Å²) in [4.78, 5) is 24.1. The Bertz CT molecular complexity index is 1090. The Labute approximate surface area is 173 Å². The maximum absolute atomic E-state index is 14.6. The molecule has 2 heterocycles. The second-order valence-corrected chi connectivity index (χ2v) is 6.90. The van der Waals surface area contributed by atoms with E-state index < -0.39 is 5.82 Å². The van der Waals surface area contributed by atoms with Gasteiger partial charge in [0.15, 0.2) is 11.6 Å². The van der Waals surface area contributed by atoms with E-state index in [1.54, 1.807) is 12.1 Å². The summed E-state index contributed by atoms with van der Waals surface area (Å²) in [5.74, 6) is -0.122. The van der Waals surface area contributed by atoms with Crippen LogP contribution in [-0.2, 0) is 4.79 Å². The summed E-state index contributed by atoms with van der Waals surface area (Å²) in [6.07, 6.45) is 4.30. The molecule has 1 atom stereocenters. The molecule has 4 rings (SSSR count). The second-order valence-electron chi connectivity index (χ2n) is 6.90. The van der Waals surface area contributed by atoms with E-state index in [2.05, 4.69) is 49.1 Å². The van der Waals surface area contributed by atoms with Gasteiger partial charge in [0.05, 0.1) is 17.4 Å². The predicted molar refractivity (Wildman–Crippen MR) is 114 cm³/mol. The molecule has 3 aromatic rings. The Balaban J connectivity index is 1.53. The lowest BCUT2D eigenvalue weighted by atomic mass is 9.95. The first-order valence-corrected chi connectivity index (χ1v) is 9.60. The molecule has 1 unspecified atom stereocenters. The molecule has 1 aliphatic rings. The molecule has 7 nitrogen and oxygen atoms in total. The number of hydrogen-bond acceptors (Lipinski definition) is 6. The molecule has 0 saturated heterocycles. The quantitative estimate of drug-likeness (QED) is 0.599. The second kappa shape index (κ2) is 8.79. The van der Waals surface area contributed by atoms with Gasteiger partial charge in [0.2, 0.25) is 11.9 Å². The topological polar surface area (TPSA) is 91.8 Å². The van der Waals surface area contributed by atoms with Crippen LogP contribution in [0, 0.1) is 5.82 Å². The highest BCUT2D eigenvalue weighted by Crippen LogP contribution is 2.29. The molecule has 0 radical (unpaired) electrons. The van der Waals surface area contributed by atoms with Crippen LogP contribution in [0.1, 0.15) is 30.8 Å². The van der Waals surface area contributed by atoms with E-state index >= 15 is 0 Å². The lowest BCUT2D eigenvalue weighted by Gasteiger charge is -2.23. The van der Waals surface area contributed by atoms with Gasteiger partial charge < -0.3 is 16.0 Å². The minimum Gasteiger partial charge on any atom is -0.324 e. The molecule has 0 aliphatic carbocycles. The fourth-order valence-corrected chi connectivity index (χ4v) is 3.34. The number of carbonyl (C=O) groups is 1. The maximum atomic E-state index is 14.6. The van der Waals surface area contributed by atoms with Crippen molar-refractivity contribution in [3.8, 4) is 0 Å². The highest BCUT2D eigenvalue weighted by molar-refractivity contribution is 5.89. The molecule has 8 heteroatoms. The van der Waals surface area contributed by atoms with Crippen molar-refractivity contribution in [3.05, 3.63) is 78.1 Å². The van der Waals surface area contributed by atoms with Crippen molar-refractivity contribution < 1.29 is 9.18 Å². The van der Waals surface area contributed by atoms with E-state index in [0.717, 1.165) is 6.42 Å². The largest absolute Gasteiger partial charge is 0.324 e. The van der Waals surface area contributed by atoms with Crippen LogP contribution in [-0.4, -0.2) is 27.4 Å². The van der Waals surface area contributed by atoms with Gasteiger partial charge >= 0.3 is 0 Å². The van der Waals surface area contributed by atoms with Crippen LogP contribution in [0.2, 0.25) is 0 Å². The van der Waals surface area contributed by atoms with Crippen LogP contribution in [0.15, 0.2) is 60.9 Å². The van der Waals surface area contributed by atoms with Gasteiger partial charge in [-0.2, -0.15) is 4.98 Å². The van der Waals surface area contributed by atoms with Crippen molar-refractivity contribution >= 4 is 28.8 Å². The van der Waals surface area contributed by atoms with Gasteiger partial charge in [0, 0.05) is 13.5 Å². The summed E-state index contributed by atoms with van der Waals surface area (Å²) in [6, 6.07) is 14.8. The average Bonchev–Trinajstić information content (AvgIpc) is 2.77. The molecular weight excluding hydrogens is 383 g/mol. The van der Waals surface area contributed by atoms with Gasteiger partial charge in [-0.3, -0.25) is 4.79 Å². The number of halogens is 1. The molecule has 1 aliphatic heterocycles. The van der Waals surface area contributed by atoms with Gasteiger partial charge in [-0.05, 0) is 29.7 Å². The Morgan fingerprint density at radius 3 is 2.70 bits per heavy atom. The molecule has 2 aromatic carbocycles. The Morgan fingerprint density at radius 2 is 1.90 bits per heavy atom. The Hall–Kier alpha value is -3.65. The first-order chi connectivity index (χ1) is 14.6. The minimum absolute atomic E-state index is 0.0793.